The van der Waals surface area contributed by atoms with Crippen molar-refractivity contribution in [2.45, 2.75) is 32.1 Å². The summed E-state index contributed by atoms with van der Waals surface area (Å²) in [6.45, 7) is 2.00. The van der Waals surface area contributed by atoms with Gasteiger partial charge in [0.25, 0.3) is 0 Å². The molecule has 1 aromatic rings. The van der Waals surface area contributed by atoms with Crippen molar-refractivity contribution in [2.24, 2.45) is 0 Å². The number of nitrogens with one attached hydrogen (secondary N) is 1. The van der Waals surface area contributed by atoms with Crippen LogP contribution in [-0.2, 0) is 11.2 Å². The zero-order valence-electron chi connectivity index (χ0n) is 9.45. The number of hydrogen-bond acceptors (Lipinski definition) is 3. The van der Waals surface area contributed by atoms with Crippen molar-refractivity contribution < 1.29 is 9.90 Å². The molecule has 0 atom stereocenters. The predicted molar refractivity (Wildman–Crippen MR) is 67.0 cm³/mol. The first kappa shape index (κ1) is 13.2. The average molecular weight is 241 g/mol. The van der Waals surface area contributed by atoms with Crippen LogP contribution < -0.4 is 5.32 Å². The summed E-state index contributed by atoms with van der Waals surface area (Å²) < 4.78 is 0. The summed E-state index contributed by atoms with van der Waals surface area (Å²) in [6.07, 6.45) is 4.24. The molecule has 0 fully saturated rings. The molecular formula is C12H19NO2S. The van der Waals surface area contributed by atoms with Gasteiger partial charge in [0.2, 0.25) is 0 Å². The molecule has 0 aliphatic carbocycles. The second-order valence-corrected chi connectivity index (χ2v) is 4.62. The molecule has 0 aliphatic heterocycles. The van der Waals surface area contributed by atoms with Crippen LogP contribution >= 0.6 is 11.3 Å². The van der Waals surface area contributed by atoms with Gasteiger partial charge >= 0.3 is 5.97 Å². The van der Waals surface area contributed by atoms with Gasteiger partial charge in [-0.1, -0.05) is 6.42 Å². The summed E-state index contributed by atoms with van der Waals surface area (Å²) in [5.74, 6) is -0.689. The smallest absolute Gasteiger partial charge is 0.303 e. The fourth-order valence-corrected chi connectivity index (χ4v) is 2.20. The predicted octanol–water partition coefficient (Wildman–Crippen LogP) is 2.53. The molecule has 0 unspecified atom stereocenters. The molecule has 90 valence electrons. The van der Waals surface area contributed by atoms with E-state index in [1.54, 1.807) is 11.3 Å². The summed E-state index contributed by atoms with van der Waals surface area (Å²) in [7, 11) is 0. The quantitative estimate of drug-likeness (QED) is 0.653. The molecule has 0 saturated heterocycles. The van der Waals surface area contributed by atoms with Crippen LogP contribution in [0.3, 0.4) is 0 Å². The Balaban J connectivity index is 1.83. The number of aliphatic carboxylic acids is 1. The Hall–Kier alpha value is -0.870. The topological polar surface area (TPSA) is 49.3 Å². The molecule has 4 heteroatoms. The van der Waals surface area contributed by atoms with Crippen LogP contribution in [-0.4, -0.2) is 24.2 Å². The van der Waals surface area contributed by atoms with Crippen LogP contribution in [0.15, 0.2) is 16.8 Å². The minimum absolute atomic E-state index is 0.300. The highest BCUT2D eigenvalue weighted by molar-refractivity contribution is 7.07. The Bertz CT molecular complexity index is 285. The molecular weight excluding hydrogens is 222 g/mol. The minimum Gasteiger partial charge on any atom is -0.481 e. The Kier molecular flexibility index (Phi) is 6.85. The standard InChI is InChI=1S/C12H19NO2S/c14-12(15)4-2-1-3-7-13-8-5-11-6-9-16-10-11/h6,9-10,13H,1-5,7-8H2,(H,14,15). The third-order valence-corrected chi connectivity index (χ3v) is 3.15. The minimum atomic E-state index is -0.689. The maximum atomic E-state index is 10.3. The van der Waals surface area contributed by atoms with E-state index in [1.165, 1.54) is 5.56 Å². The maximum absolute atomic E-state index is 10.3. The summed E-state index contributed by atoms with van der Waals surface area (Å²) in [4.78, 5) is 10.3. The van der Waals surface area contributed by atoms with Gasteiger partial charge in [-0.3, -0.25) is 4.79 Å². The first-order chi connectivity index (χ1) is 7.79. The lowest BCUT2D eigenvalue weighted by Gasteiger charge is -2.03. The van der Waals surface area contributed by atoms with E-state index >= 15 is 0 Å². The second kappa shape index (κ2) is 8.30. The lowest BCUT2D eigenvalue weighted by molar-refractivity contribution is -0.137. The van der Waals surface area contributed by atoms with E-state index < -0.39 is 5.97 Å². The largest absolute Gasteiger partial charge is 0.481 e. The Morgan fingerprint density at radius 1 is 1.31 bits per heavy atom. The van der Waals surface area contributed by atoms with E-state index in [4.69, 9.17) is 5.11 Å². The van der Waals surface area contributed by atoms with E-state index in [-0.39, 0.29) is 0 Å². The van der Waals surface area contributed by atoms with Crippen molar-refractivity contribution in [3.63, 3.8) is 0 Å². The van der Waals surface area contributed by atoms with Gasteiger partial charge in [0.15, 0.2) is 0 Å². The zero-order chi connectivity index (χ0) is 11.6. The highest BCUT2D eigenvalue weighted by atomic mass is 32.1. The average Bonchev–Trinajstić information content (AvgIpc) is 2.74. The number of thiophene rings is 1. The fraction of sp³-hybridized carbons (Fsp3) is 0.583. The van der Waals surface area contributed by atoms with Gasteiger partial charge in [0.05, 0.1) is 0 Å². The van der Waals surface area contributed by atoms with Gasteiger partial charge in [0, 0.05) is 6.42 Å². The fourth-order valence-electron chi connectivity index (χ4n) is 1.50. The molecule has 16 heavy (non-hydrogen) atoms. The molecule has 0 aliphatic rings. The third kappa shape index (κ3) is 6.58. The summed E-state index contributed by atoms with van der Waals surface area (Å²) in [6, 6.07) is 2.15. The van der Waals surface area contributed by atoms with Gasteiger partial charge in [-0.05, 0) is 54.7 Å². The number of unbranched alkanes of at least 4 members (excludes halogenated alkanes) is 2. The molecule has 0 radical (unpaired) electrons. The SMILES string of the molecule is O=C(O)CCCCCNCCc1ccsc1. The summed E-state index contributed by atoms with van der Waals surface area (Å²) in [5, 5.41) is 16.1. The number of carbonyl (C=O) groups is 1. The first-order valence-electron chi connectivity index (χ1n) is 5.72. The molecule has 0 saturated carbocycles. The van der Waals surface area contributed by atoms with Crippen LogP contribution in [0.2, 0.25) is 0 Å². The van der Waals surface area contributed by atoms with Crippen molar-refractivity contribution in [3.8, 4) is 0 Å². The summed E-state index contributed by atoms with van der Waals surface area (Å²) in [5.41, 5.74) is 1.39. The van der Waals surface area contributed by atoms with Crippen molar-refractivity contribution in [3.05, 3.63) is 22.4 Å². The molecule has 3 nitrogen and oxygen atoms in total. The molecule has 0 bridgehead atoms. The van der Waals surface area contributed by atoms with Crippen LogP contribution in [0, 0.1) is 0 Å². The summed E-state index contributed by atoms with van der Waals surface area (Å²) >= 11 is 1.73. The second-order valence-electron chi connectivity index (χ2n) is 3.84. The lowest BCUT2D eigenvalue weighted by Crippen LogP contribution is -2.18. The maximum Gasteiger partial charge on any atom is 0.303 e. The van der Waals surface area contributed by atoms with Crippen molar-refractivity contribution in [1.29, 1.82) is 0 Å². The number of rotatable bonds is 9. The van der Waals surface area contributed by atoms with Gasteiger partial charge in [-0.25, -0.2) is 0 Å². The molecule has 2 N–H and O–H groups in total. The number of hydrogen-bond donors (Lipinski definition) is 2. The Morgan fingerprint density at radius 2 is 2.19 bits per heavy atom. The van der Waals surface area contributed by atoms with E-state index in [2.05, 4.69) is 22.1 Å². The highest BCUT2D eigenvalue weighted by Gasteiger charge is 1.96. The normalized spacial score (nSPS) is 10.5. The van der Waals surface area contributed by atoms with Crippen LogP contribution in [0.5, 0.6) is 0 Å². The van der Waals surface area contributed by atoms with Crippen LogP contribution in [0.25, 0.3) is 0 Å². The van der Waals surface area contributed by atoms with E-state index in [0.717, 1.165) is 38.8 Å². The molecule has 1 aromatic heterocycles. The highest BCUT2D eigenvalue weighted by Crippen LogP contribution is 2.05. The third-order valence-electron chi connectivity index (χ3n) is 2.41. The van der Waals surface area contributed by atoms with E-state index in [0.29, 0.717) is 6.42 Å². The van der Waals surface area contributed by atoms with Gasteiger partial charge in [-0.2, -0.15) is 11.3 Å². The lowest BCUT2D eigenvalue weighted by atomic mass is 10.2. The van der Waals surface area contributed by atoms with E-state index in [9.17, 15) is 4.79 Å². The number of carboxylic acid groups (broad SMARTS) is 1. The molecule has 0 amide bonds. The molecule has 0 aromatic carbocycles. The zero-order valence-corrected chi connectivity index (χ0v) is 10.3. The van der Waals surface area contributed by atoms with Crippen molar-refractivity contribution in [2.75, 3.05) is 13.1 Å². The Labute approximate surface area is 100 Å². The molecule has 1 heterocycles. The Morgan fingerprint density at radius 3 is 2.88 bits per heavy atom. The first-order valence-corrected chi connectivity index (χ1v) is 6.67. The van der Waals surface area contributed by atoms with Crippen molar-refractivity contribution in [1.82, 2.24) is 5.32 Å². The van der Waals surface area contributed by atoms with Gasteiger partial charge < -0.3 is 10.4 Å². The number of carboxylic acids is 1. The van der Waals surface area contributed by atoms with Crippen LogP contribution in [0.1, 0.15) is 31.2 Å². The molecule has 0 spiro atoms. The van der Waals surface area contributed by atoms with Gasteiger partial charge in [-0.15, -0.1) is 0 Å². The van der Waals surface area contributed by atoms with E-state index in [1.807, 2.05) is 0 Å². The monoisotopic (exact) mass is 241 g/mol. The van der Waals surface area contributed by atoms with Crippen molar-refractivity contribution >= 4 is 17.3 Å². The van der Waals surface area contributed by atoms with Gasteiger partial charge in [0.1, 0.15) is 0 Å². The van der Waals surface area contributed by atoms with Crippen LogP contribution in [0.4, 0.5) is 0 Å². The molecule has 1 rings (SSSR count).